The van der Waals surface area contributed by atoms with Gasteiger partial charge in [0.2, 0.25) is 0 Å². The molecular weight excluding hydrogens is 286 g/mol. The van der Waals surface area contributed by atoms with E-state index in [4.69, 9.17) is 16.3 Å². The minimum Gasteiger partial charge on any atom is -0.504 e. The predicted molar refractivity (Wildman–Crippen MR) is 86.1 cm³/mol. The first kappa shape index (κ1) is 15.7. The number of rotatable bonds is 5. The van der Waals surface area contributed by atoms with Crippen LogP contribution in [0.2, 0.25) is 5.02 Å². The van der Waals surface area contributed by atoms with Crippen LogP contribution < -0.4 is 10.1 Å². The summed E-state index contributed by atoms with van der Waals surface area (Å²) in [5.74, 6) is 0.638. The minimum atomic E-state index is 0.130. The highest BCUT2D eigenvalue weighted by molar-refractivity contribution is 6.30. The zero-order valence-electron chi connectivity index (χ0n) is 12.4. The van der Waals surface area contributed by atoms with Crippen LogP contribution in [0, 0.1) is 0 Å². The molecule has 0 spiro atoms. The Bertz CT molecular complexity index is 598. The maximum absolute atomic E-state index is 9.64. The van der Waals surface area contributed by atoms with Crippen LogP contribution >= 0.6 is 11.6 Å². The molecule has 0 amide bonds. The molecule has 0 aliphatic heterocycles. The number of nitrogens with one attached hydrogen (secondary N) is 1. The van der Waals surface area contributed by atoms with E-state index in [9.17, 15) is 5.11 Å². The van der Waals surface area contributed by atoms with Gasteiger partial charge in [0.25, 0.3) is 0 Å². The molecule has 0 saturated carbocycles. The number of phenolic OH excluding ortho intramolecular Hbond substituents is 1. The number of hydrogen-bond donors (Lipinski definition) is 2. The van der Waals surface area contributed by atoms with Gasteiger partial charge in [-0.3, -0.25) is 0 Å². The summed E-state index contributed by atoms with van der Waals surface area (Å²) in [6.07, 6.45) is 0. The molecule has 2 atom stereocenters. The summed E-state index contributed by atoms with van der Waals surface area (Å²) in [6.45, 7) is 4.19. The van der Waals surface area contributed by atoms with E-state index in [1.165, 1.54) is 5.56 Å². The van der Waals surface area contributed by atoms with Crippen LogP contribution in [0.4, 0.5) is 0 Å². The highest BCUT2D eigenvalue weighted by atomic mass is 35.5. The Morgan fingerprint density at radius 3 is 2.19 bits per heavy atom. The first-order valence-electron chi connectivity index (χ1n) is 6.89. The van der Waals surface area contributed by atoms with E-state index in [0.717, 1.165) is 10.6 Å². The molecule has 1 unspecified atom stereocenters. The molecule has 0 radical (unpaired) electrons. The van der Waals surface area contributed by atoms with Crippen molar-refractivity contribution in [1.82, 2.24) is 5.32 Å². The average molecular weight is 306 g/mol. The van der Waals surface area contributed by atoms with Crippen LogP contribution in [0.1, 0.15) is 37.1 Å². The lowest BCUT2D eigenvalue weighted by Crippen LogP contribution is -2.22. The molecule has 0 fully saturated rings. The van der Waals surface area contributed by atoms with Crippen LogP contribution in [0.3, 0.4) is 0 Å². The topological polar surface area (TPSA) is 41.5 Å². The van der Waals surface area contributed by atoms with Gasteiger partial charge in [-0.15, -0.1) is 0 Å². The predicted octanol–water partition coefficient (Wildman–Crippen LogP) is 4.47. The second-order valence-electron chi connectivity index (χ2n) is 5.09. The molecular formula is C17H20ClNO2. The lowest BCUT2D eigenvalue weighted by Gasteiger charge is -2.21. The van der Waals surface area contributed by atoms with Crippen molar-refractivity contribution in [3.8, 4) is 11.5 Å². The van der Waals surface area contributed by atoms with Crippen LogP contribution in [-0.4, -0.2) is 12.2 Å². The second-order valence-corrected chi connectivity index (χ2v) is 5.53. The van der Waals surface area contributed by atoms with Crippen LogP contribution in [0.25, 0.3) is 0 Å². The standard InChI is InChI=1S/C17H20ClNO2/c1-11(13-4-7-15(18)8-5-13)19-12(2)14-6-9-16(20)17(10-14)21-3/h4-12,19-20H,1-3H3/t11-,12?/m0/s1. The van der Waals surface area contributed by atoms with E-state index in [1.807, 2.05) is 36.4 Å². The van der Waals surface area contributed by atoms with Crippen LogP contribution in [-0.2, 0) is 0 Å². The fraction of sp³-hybridized carbons (Fsp3) is 0.294. The average Bonchev–Trinajstić information content (AvgIpc) is 2.48. The monoisotopic (exact) mass is 305 g/mol. The summed E-state index contributed by atoms with van der Waals surface area (Å²) in [7, 11) is 1.55. The van der Waals surface area contributed by atoms with Gasteiger partial charge < -0.3 is 15.2 Å². The van der Waals surface area contributed by atoms with Gasteiger partial charge in [-0.05, 0) is 49.2 Å². The number of phenols is 1. The number of aromatic hydroxyl groups is 1. The SMILES string of the molecule is COc1cc(C(C)N[C@@H](C)c2ccc(Cl)cc2)ccc1O. The lowest BCUT2D eigenvalue weighted by atomic mass is 10.0. The Hall–Kier alpha value is -1.71. The summed E-state index contributed by atoms with van der Waals surface area (Å²) >= 11 is 5.91. The van der Waals surface area contributed by atoms with Crippen molar-refractivity contribution >= 4 is 11.6 Å². The first-order valence-corrected chi connectivity index (χ1v) is 7.27. The third-order valence-corrected chi connectivity index (χ3v) is 3.83. The molecule has 2 rings (SSSR count). The van der Waals surface area contributed by atoms with Gasteiger partial charge in [-0.1, -0.05) is 29.8 Å². The van der Waals surface area contributed by atoms with Crippen molar-refractivity contribution in [1.29, 1.82) is 0 Å². The van der Waals surface area contributed by atoms with Crippen molar-refractivity contribution in [3.63, 3.8) is 0 Å². The molecule has 3 nitrogen and oxygen atoms in total. The summed E-state index contributed by atoms with van der Waals surface area (Å²) < 4.78 is 5.15. The number of halogens is 1. The minimum absolute atomic E-state index is 0.130. The molecule has 2 aromatic carbocycles. The van der Waals surface area contributed by atoms with Gasteiger partial charge in [-0.2, -0.15) is 0 Å². The molecule has 21 heavy (non-hydrogen) atoms. The molecule has 2 aromatic rings. The first-order chi connectivity index (χ1) is 10.0. The Morgan fingerprint density at radius 2 is 1.57 bits per heavy atom. The van der Waals surface area contributed by atoms with E-state index >= 15 is 0 Å². The normalized spacial score (nSPS) is 13.7. The van der Waals surface area contributed by atoms with Gasteiger partial charge in [0, 0.05) is 17.1 Å². The number of benzene rings is 2. The number of methoxy groups -OCH3 is 1. The van der Waals surface area contributed by atoms with E-state index in [-0.39, 0.29) is 17.8 Å². The maximum Gasteiger partial charge on any atom is 0.160 e. The van der Waals surface area contributed by atoms with Gasteiger partial charge >= 0.3 is 0 Å². The van der Waals surface area contributed by atoms with Gasteiger partial charge in [0.15, 0.2) is 11.5 Å². The Balaban J connectivity index is 2.10. The third kappa shape index (κ3) is 3.90. The highest BCUT2D eigenvalue weighted by Gasteiger charge is 2.13. The molecule has 2 N–H and O–H groups in total. The zero-order valence-corrected chi connectivity index (χ0v) is 13.2. The van der Waals surface area contributed by atoms with Gasteiger partial charge in [-0.25, -0.2) is 0 Å². The Morgan fingerprint density at radius 1 is 1.00 bits per heavy atom. The Kier molecular flexibility index (Phi) is 5.10. The lowest BCUT2D eigenvalue weighted by molar-refractivity contribution is 0.371. The Labute approximate surface area is 130 Å². The van der Waals surface area contributed by atoms with Crippen LogP contribution in [0.5, 0.6) is 11.5 Å². The van der Waals surface area contributed by atoms with Crippen molar-refractivity contribution in [2.75, 3.05) is 7.11 Å². The molecule has 0 saturated heterocycles. The molecule has 0 bridgehead atoms. The van der Waals surface area contributed by atoms with Crippen molar-refractivity contribution in [2.45, 2.75) is 25.9 Å². The smallest absolute Gasteiger partial charge is 0.160 e. The summed E-state index contributed by atoms with van der Waals surface area (Å²) in [5, 5.41) is 13.9. The molecule has 4 heteroatoms. The fourth-order valence-electron chi connectivity index (χ4n) is 2.28. The summed E-state index contributed by atoms with van der Waals surface area (Å²) in [5.41, 5.74) is 2.24. The van der Waals surface area contributed by atoms with Crippen molar-refractivity contribution in [3.05, 3.63) is 58.6 Å². The van der Waals surface area contributed by atoms with E-state index < -0.39 is 0 Å². The maximum atomic E-state index is 9.64. The molecule has 112 valence electrons. The second kappa shape index (κ2) is 6.83. The largest absolute Gasteiger partial charge is 0.504 e. The molecule has 0 aliphatic carbocycles. The summed E-state index contributed by atoms with van der Waals surface area (Å²) in [6, 6.07) is 13.5. The summed E-state index contributed by atoms with van der Waals surface area (Å²) in [4.78, 5) is 0. The molecule has 0 heterocycles. The number of hydrogen-bond acceptors (Lipinski definition) is 3. The van der Waals surface area contributed by atoms with E-state index in [1.54, 1.807) is 13.2 Å². The number of ether oxygens (including phenoxy) is 1. The van der Waals surface area contributed by atoms with Crippen LogP contribution in [0.15, 0.2) is 42.5 Å². The highest BCUT2D eigenvalue weighted by Crippen LogP contribution is 2.29. The quantitative estimate of drug-likeness (QED) is 0.856. The fourth-order valence-corrected chi connectivity index (χ4v) is 2.41. The zero-order chi connectivity index (χ0) is 15.4. The van der Waals surface area contributed by atoms with Gasteiger partial charge in [0.05, 0.1) is 7.11 Å². The van der Waals surface area contributed by atoms with E-state index in [0.29, 0.717) is 5.75 Å². The van der Waals surface area contributed by atoms with Crippen molar-refractivity contribution < 1.29 is 9.84 Å². The molecule has 0 aromatic heterocycles. The third-order valence-electron chi connectivity index (χ3n) is 3.57. The van der Waals surface area contributed by atoms with Gasteiger partial charge in [0.1, 0.15) is 0 Å². The van der Waals surface area contributed by atoms with Crippen molar-refractivity contribution in [2.24, 2.45) is 0 Å². The van der Waals surface area contributed by atoms with E-state index in [2.05, 4.69) is 19.2 Å². The molecule has 0 aliphatic rings.